The molecule has 3 aromatic carbocycles. The van der Waals surface area contributed by atoms with Gasteiger partial charge in [-0.2, -0.15) is 0 Å². The van der Waals surface area contributed by atoms with E-state index in [1.54, 1.807) is 18.2 Å². The molecular weight excluding hydrogens is 575 g/mol. The maximum absolute atomic E-state index is 13.5. The Balaban J connectivity index is 1.26. The molecule has 10 heteroatoms. The molecule has 2 aliphatic heterocycles. The van der Waals surface area contributed by atoms with Crippen molar-refractivity contribution in [3.63, 3.8) is 0 Å². The molecule has 2 amide bonds. The fourth-order valence-electron chi connectivity index (χ4n) is 4.44. The SMILES string of the molecule is CC1=C(C(=O)OC(c2ccccc2)c2ccccc2)N2C(=O)C(NC(=O)CSc3ccc(Cl)c(Cl)c3)C2SC1. The number of ether oxygens (including phenoxy) is 1. The Morgan fingerprint density at radius 2 is 1.67 bits per heavy atom. The largest absolute Gasteiger partial charge is 0.448 e. The van der Waals surface area contributed by atoms with Crippen molar-refractivity contribution >= 4 is 64.5 Å². The topological polar surface area (TPSA) is 75.7 Å². The van der Waals surface area contributed by atoms with Crippen molar-refractivity contribution in [1.82, 2.24) is 10.2 Å². The molecule has 2 heterocycles. The number of rotatable bonds is 8. The van der Waals surface area contributed by atoms with E-state index in [0.717, 1.165) is 21.6 Å². The summed E-state index contributed by atoms with van der Waals surface area (Å²) in [5, 5.41) is 3.29. The van der Waals surface area contributed by atoms with Gasteiger partial charge in [0.2, 0.25) is 5.91 Å². The molecule has 0 aliphatic carbocycles. The summed E-state index contributed by atoms with van der Waals surface area (Å²) in [6.45, 7) is 1.83. The first-order valence-electron chi connectivity index (χ1n) is 12.2. The molecule has 1 fully saturated rings. The maximum Gasteiger partial charge on any atom is 0.356 e. The van der Waals surface area contributed by atoms with Crippen molar-refractivity contribution in [3.8, 4) is 0 Å². The zero-order valence-electron chi connectivity index (χ0n) is 20.8. The van der Waals surface area contributed by atoms with Gasteiger partial charge >= 0.3 is 5.97 Å². The lowest BCUT2D eigenvalue weighted by molar-refractivity contribution is -0.154. The molecule has 0 radical (unpaired) electrons. The summed E-state index contributed by atoms with van der Waals surface area (Å²) in [6.07, 6.45) is -0.626. The highest BCUT2D eigenvalue weighted by Crippen LogP contribution is 2.41. The predicted molar refractivity (Wildman–Crippen MR) is 156 cm³/mol. The first-order chi connectivity index (χ1) is 18.8. The summed E-state index contributed by atoms with van der Waals surface area (Å²) in [5.41, 5.74) is 2.67. The minimum atomic E-state index is -0.716. The molecule has 0 aromatic heterocycles. The van der Waals surface area contributed by atoms with E-state index in [0.29, 0.717) is 15.8 Å². The Labute approximate surface area is 245 Å². The number of nitrogens with one attached hydrogen (secondary N) is 1. The molecule has 39 heavy (non-hydrogen) atoms. The average molecular weight is 600 g/mol. The molecule has 200 valence electrons. The molecule has 1 saturated heterocycles. The van der Waals surface area contributed by atoms with Crippen molar-refractivity contribution in [2.24, 2.45) is 0 Å². The summed E-state index contributed by atoms with van der Waals surface area (Å²) < 4.78 is 6.04. The van der Waals surface area contributed by atoms with E-state index >= 15 is 0 Å². The first-order valence-corrected chi connectivity index (χ1v) is 14.9. The van der Waals surface area contributed by atoms with Gasteiger partial charge in [0.15, 0.2) is 6.10 Å². The van der Waals surface area contributed by atoms with E-state index in [9.17, 15) is 14.4 Å². The van der Waals surface area contributed by atoms with Crippen molar-refractivity contribution in [1.29, 1.82) is 0 Å². The lowest BCUT2D eigenvalue weighted by atomic mass is 10.0. The second-order valence-corrected chi connectivity index (χ2v) is 12.0. The molecule has 0 spiro atoms. The van der Waals surface area contributed by atoms with Gasteiger partial charge in [-0.1, -0.05) is 83.9 Å². The lowest BCUT2D eigenvalue weighted by Gasteiger charge is -2.49. The third kappa shape index (κ3) is 5.99. The van der Waals surface area contributed by atoms with E-state index in [2.05, 4.69) is 5.32 Å². The van der Waals surface area contributed by atoms with Crippen LogP contribution in [0.25, 0.3) is 0 Å². The van der Waals surface area contributed by atoms with Gasteiger partial charge in [0, 0.05) is 10.6 Å². The van der Waals surface area contributed by atoms with E-state index in [1.165, 1.54) is 28.4 Å². The van der Waals surface area contributed by atoms with Gasteiger partial charge in [0.05, 0.1) is 15.8 Å². The van der Waals surface area contributed by atoms with Crippen LogP contribution in [0.5, 0.6) is 0 Å². The van der Waals surface area contributed by atoms with Gasteiger partial charge in [-0.05, 0) is 41.8 Å². The molecular formula is C29H24Cl2N2O4S2. The summed E-state index contributed by atoms with van der Waals surface area (Å²) in [6, 6.07) is 23.4. The van der Waals surface area contributed by atoms with Crippen LogP contribution in [-0.4, -0.2) is 45.6 Å². The third-order valence-electron chi connectivity index (χ3n) is 6.36. The normalized spacial score (nSPS) is 18.5. The number of nitrogens with zero attached hydrogens (tertiary/aromatic N) is 1. The van der Waals surface area contributed by atoms with Crippen molar-refractivity contribution < 1.29 is 19.1 Å². The molecule has 0 saturated carbocycles. The second-order valence-electron chi connectivity index (χ2n) is 9.06. The Bertz CT molecular complexity index is 1400. The Hall–Kier alpha value is -2.91. The highest BCUT2D eigenvalue weighted by Gasteiger charge is 2.54. The molecule has 2 unspecified atom stereocenters. The Morgan fingerprint density at radius 3 is 2.28 bits per heavy atom. The number of β-lactam (4-membered cyclic amide) rings is 1. The number of thioether (sulfide) groups is 2. The standard InChI is InChI=1S/C29H24Cl2N2O4S2/c1-17-15-39-28-24(32-23(34)16-38-20-12-13-21(30)22(31)14-20)27(35)33(28)25(17)29(36)37-26(18-8-4-2-5-9-18)19-10-6-3-7-11-19/h2-14,24,26,28H,15-16H2,1H3,(H,32,34). The quantitative estimate of drug-likeness (QED) is 0.192. The number of benzene rings is 3. The molecule has 3 aromatic rings. The minimum Gasteiger partial charge on any atom is -0.448 e. The van der Waals surface area contributed by atoms with Gasteiger partial charge in [0.25, 0.3) is 5.91 Å². The van der Waals surface area contributed by atoms with Crippen LogP contribution in [0.2, 0.25) is 10.0 Å². The average Bonchev–Trinajstić information content (AvgIpc) is 2.96. The Kier molecular flexibility index (Phi) is 8.57. The van der Waals surface area contributed by atoms with Crippen LogP contribution in [0.3, 0.4) is 0 Å². The number of esters is 1. The summed E-state index contributed by atoms with van der Waals surface area (Å²) >= 11 is 14.8. The van der Waals surface area contributed by atoms with Crippen LogP contribution in [0.1, 0.15) is 24.2 Å². The van der Waals surface area contributed by atoms with Gasteiger partial charge in [0.1, 0.15) is 17.1 Å². The van der Waals surface area contributed by atoms with Gasteiger partial charge in [-0.15, -0.1) is 23.5 Å². The van der Waals surface area contributed by atoms with Crippen LogP contribution in [0.15, 0.2) is 95.0 Å². The van der Waals surface area contributed by atoms with E-state index in [-0.39, 0.29) is 28.6 Å². The first kappa shape index (κ1) is 27.6. The van der Waals surface area contributed by atoms with Crippen molar-refractivity contribution in [2.45, 2.75) is 29.3 Å². The molecule has 5 rings (SSSR count). The molecule has 2 atom stereocenters. The summed E-state index contributed by atoms with van der Waals surface area (Å²) in [4.78, 5) is 41.6. The van der Waals surface area contributed by atoms with E-state index < -0.39 is 18.1 Å². The number of hydrogen-bond acceptors (Lipinski definition) is 6. The lowest BCUT2D eigenvalue weighted by Crippen LogP contribution is -2.70. The smallest absolute Gasteiger partial charge is 0.356 e. The second kappa shape index (κ2) is 12.1. The molecule has 6 nitrogen and oxygen atoms in total. The van der Waals surface area contributed by atoms with Crippen molar-refractivity contribution in [3.05, 3.63) is 111 Å². The Morgan fingerprint density at radius 1 is 1.03 bits per heavy atom. The molecule has 0 bridgehead atoms. The van der Waals surface area contributed by atoms with Crippen LogP contribution >= 0.6 is 46.7 Å². The minimum absolute atomic E-state index is 0.110. The van der Waals surface area contributed by atoms with Gasteiger partial charge in [-0.3, -0.25) is 14.5 Å². The molecule has 1 N–H and O–H groups in total. The number of halogens is 2. The highest BCUT2D eigenvalue weighted by molar-refractivity contribution is 8.00. The zero-order chi connectivity index (χ0) is 27.5. The zero-order valence-corrected chi connectivity index (χ0v) is 23.9. The van der Waals surface area contributed by atoms with E-state index in [1.807, 2.05) is 67.6 Å². The van der Waals surface area contributed by atoms with Crippen LogP contribution in [0.4, 0.5) is 0 Å². The van der Waals surface area contributed by atoms with E-state index in [4.69, 9.17) is 27.9 Å². The fourth-order valence-corrected chi connectivity index (χ4v) is 6.84. The van der Waals surface area contributed by atoms with Gasteiger partial charge in [-0.25, -0.2) is 4.79 Å². The number of carbonyl (C=O) groups excluding carboxylic acids is 3. The third-order valence-corrected chi connectivity index (χ3v) is 9.52. The number of carbonyl (C=O) groups is 3. The van der Waals surface area contributed by atoms with Crippen LogP contribution in [-0.2, 0) is 19.1 Å². The number of hydrogen-bond donors (Lipinski definition) is 1. The van der Waals surface area contributed by atoms with Gasteiger partial charge < -0.3 is 10.1 Å². The summed E-state index contributed by atoms with van der Waals surface area (Å²) in [5.74, 6) is -0.525. The summed E-state index contributed by atoms with van der Waals surface area (Å²) in [7, 11) is 0. The highest BCUT2D eigenvalue weighted by atomic mass is 35.5. The van der Waals surface area contributed by atoms with Crippen LogP contribution < -0.4 is 5.32 Å². The predicted octanol–water partition coefficient (Wildman–Crippen LogP) is 6.09. The molecule has 2 aliphatic rings. The monoisotopic (exact) mass is 598 g/mol. The number of amides is 2. The van der Waals surface area contributed by atoms with Crippen LogP contribution in [0, 0.1) is 0 Å². The van der Waals surface area contributed by atoms with Crippen molar-refractivity contribution in [2.75, 3.05) is 11.5 Å². The number of fused-ring (bicyclic) bond motifs is 1. The fraction of sp³-hybridized carbons (Fsp3) is 0.207. The maximum atomic E-state index is 13.5.